The molecule has 0 saturated heterocycles. The van der Waals surface area contributed by atoms with E-state index in [4.69, 9.17) is 16.3 Å². The molecular weight excluding hydrogens is 308 g/mol. The summed E-state index contributed by atoms with van der Waals surface area (Å²) < 4.78 is 7.49. The maximum Gasteiger partial charge on any atom is 0.234 e. The molecule has 5 nitrogen and oxygen atoms in total. The number of rotatable bonds is 3. The molecule has 0 radical (unpaired) electrons. The molecule has 0 aliphatic heterocycles. The van der Waals surface area contributed by atoms with Crippen molar-refractivity contribution < 1.29 is 4.74 Å². The second kappa shape index (κ2) is 5.27. The first-order valence-corrected chi connectivity index (χ1v) is 7.73. The fraction of sp³-hybridized carbons (Fsp3) is 0.357. The molecule has 0 bridgehead atoms. The van der Waals surface area contributed by atoms with E-state index < -0.39 is 0 Å². The molecule has 0 atom stereocenters. The largest absolute Gasteiger partial charge is 0.485 e. The second-order valence-electron chi connectivity index (χ2n) is 5.68. The highest BCUT2D eigenvalue weighted by Gasteiger charge is 2.23. The molecular formula is C14H15ClN4OS. The maximum atomic E-state index is 6.06. The number of nitrogens with zero attached hydrogens (tertiary/aromatic N) is 4. The van der Waals surface area contributed by atoms with Crippen molar-refractivity contribution in [3.05, 3.63) is 40.1 Å². The Morgan fingerprint density at radius 1 is 1.24 bits per heavy atom. The zero-order valence-electron chi connectivity index (χ0n) is 12.0. The Morgan fingerprint density at radius 3 is 2.71 bits per heavy atom. The van der Waals surface area contributed by atoms with Crippen molar-refractivity contribution in [2.45, 2.75) is 32.8 Å². The molecule has 3 rings (SSSR count). The molecule has 0 fully saturated rings. The molecule has 2 heterocycles. The van der Waals surface area contributed by atoms with Crippen molar-refractivity contribution >= 4 is 27.9 Å². The summed E-state index contributed by atoms with van der Waals surface area (Å²) in [4.78, 5) is 0.776. The summed E-state index contributed by atoms with van der Waals surface area (Å²) in [7, 11) is 0. The van der Waals surface area contributed by atoms with Crippen LogP contribution in [0.25, 0.3) is 4.96 Å². The zero-order chi connectivity index (χ0) is 15.0. The summed E-state index contributed by atoms with van der Waals surface area (Å²) in [6, 6.07) is 7.39. The van der Waals surface area contributed by atoms with Crippen molar-refractivity contribution in [1.82, 2.24) is 19.8 Å². The molecule has 2 aromatic heterocycles. The molecule has 7 heteroatoms. The van der Waals surface area contributed by atoms with Crippen LogP contribution in [0.2, 0.25) is 5.02 Å². The van der Waals surface area contributed by atoms with Gasteiger partial charge in [0.2, 0.25) is 4.96 Å². The van der Waals surface area contributed by atoms with Gasteiger partial charge in [-0.1, -0.05) is 55.8 Å². The molecule has 0 N–H and O–H groups in total. The van der Waals surface area contributed by atoms with Crippen LogP contribution in [0.4, 0.5) is 0 Å². The number of hydrogen-bond acceptors (Lipinski definition) is 5. The minimum atomic E-state index is -0.103. The average Bonchev–Trinajstić information content (AvgIpc) is 2.96. The Morgan fingerprint density at radius 2 is 2.00 bits per heavy atom. The molecule has 0 amide bonds. The standard InChI is InChI=1S/C14H15ClN4OS/c1-14(2,3)12-16-17-13-19(12)18-11(21-13)8-20-10-7-5-4-6-9(10)15/h4-7H,8H2,1-3H3. The minimum Gasteiger partial charge on any atom is -0.485 e. The lowest BCUT2D eigenvalue weighted by Crippen LogP contribution is -2.16. The normalized spacial score (nSPS) is 12.0. The molecule has 21 heavy (non-hydrogen) atoms. The number of para-hydroxylation sites is 1. The second-order valence-corrected chi connectivity index (χ2v) is 7.13. The van der Waals surface area contributed by atoms with E-state index >= 15 is 0 Å². The Labute approximate surface area is 131 Å². The third-order valence-corrected chi connectivity index (χ3v) is 4.08. The lowest BCUT2D eigenvalue weighted by molar-refractivity contribution is 0.304. The summed E-state index contributed by atoms with van der Waals surface area (Å²) >= 11 is 7.53. The van der Waals surface area contributed by atoms with Crippen LogP contribution >= 0.6 is 22.9 Å². The number of fused-ring (bicyclic) bond motifs is 1. The number of ether oxygens (including phenoxy) is 1. The van der Waals surface area contributed by atoms with Gasteiger partial charge in [-0.25, -0.2) is 0 Å². The highest BCUT2D eigenvalue weighted by atomic mass is 35.5. The molecule has 110 valence electrons. The van der Waals surface area contributed by atoms with E-state index in [-0.39, 0.29) is 5.41 Å². The van der Waals surface area contributed by atoms with Gasteiger partial charge in [0.25, 0.3) is 0 Å². The first-order chi connectivity index (χ1) is 9.95. The monoisotopic (exact) mass is 322 g/mol. The smallest absolute Gasteiger partial charge is 0.234 e. The van der Waals surface area contributed by atoms with E-state index in [2.05, 4.69) is 36.1 Å². The predicted octanol–water partition coefficient (Wildman–Crippen LogP) is 3.72. The van der Waals surface area contributed by atoms with Gasteiger partial charge in [-0.2, -0.15) is 9.61 Å². The Bertz CT molecular complexity index is 775. The van der Waals surface area contributed by atoms with Crippen molar-refractivity contribution in [3.8, 4) is 5.75 Å². The summed E-state index contributed by atoms with van der Waals surface area (Å²) in [5.41, 5.74) is -0.103. The predicted molar refractivity (Wildman–Crippen MR) is 83.1 cm³/mol. The molecule has 1 aromatic carbocycles. The summed E-state index contributed by atoms with van der Waals surface area (Å²) in [6.07, 6.45) is 0. The van der Waals surface area contributed by atoms with Crippen LogP contribution < -0.4 is 4.74 Å². The first-order valence-electron chi connectivity index (χ1n) is 6.54. The maximum absolute atomic E-state index is 6.06. The van der Waals surface area contributed by atoms with Gasteiger partial charge < -0.3 is 4.74 Å². The Kier molecular flexibility index (Phi) is 3.59. The van der Waals surface area contributed by atoms with Gasteiger partial charge >= 0.3 is 0 Å². The summed E-state index contributed by atoms with van der Waals surface area (Å²) in [6.45, 7) is 6.62. The van der Waals surface area contributed by atoms with Gasteiger partial charge in [0.15, 0.2) is 10.8 Å². The third-order valence-electron chi connectivity index (χ3n) is 2.89. The van der Waals surface area contributed by atoms with Gasteiger partial charge in [0.05, 0.1) is 5.02 Å². The topological polar surface area (TPSA) is 52.3 Å². The number of hydrogen-bond donors (Lipinski definition) is 0. The van der Waals surface area contributed by atoms with E-state index in [0.717, 1.165) is 15.8 Å². The number of benzene rings is 1. The summed E-state index contributed by atoms with van der Waals surface area (Å²) in [5.74, 6) is 1.50. The van der Waals surface area contributed by atoms with Crippen molar-refractivity contribution in [3.63, 3.8) is 0 Å². The Balaban J connectivity index is 1.83. The zero-order valence-corrected chi connectivity index (χ0v) is 13.6. The van der Waals surface area contributed by atoms with Gasteiger partial charge in [-0.05, 0) is 12.1 Å². The summed E-state index contributed by atoms with van der Waals surface area (Å²) in [5, 5.41) is 14.3. The molecule has 0 aliphatic rings. The van der Waals surface area contributed by atoms with E-state index in [0.29, 0.717) is 17.4 Å². The van der Waals surface area contributed by atoms with Crippen LogP contribution in [-0.2, 0) is 12.0 Å². The van der Waals surface area contributed by atoms with Crippen LogP contribution in [0.5, 0.6) is 5.75 Å². The fourth-order valence-electron chi connectivity index (χ4n) is 1.88. The number of aromatic nitrogens is 4. The highest BCUT2D eigenvalue weighted by molar-refractivity contribution is 7.16. The van der Waals surface area contributed by atoms with Gasteiger partial charge in [-0.15, -0.1) is 10.2 Å². The lowest BCUT2D eigenvalue weighted by Gasteiger charge is -2.13. The Hall–Kier alpha value is -1.66. The van der Waals surface area contributed by atoms with Crippen molar-refractivity contribution in [2.24, 2.45) is 0 Å². The quantitative estimate of drug-likeness (QED) is 0.737. The number of halogens is 1. The van der Waals surface area contributed by atoms with Crippen molar-refractivity contribution in [1.29, 1.82) is 0 Å². The van der Waals surface area contributed by atoms with Crippen LogP contribution in [0.1, 0.15) is 31.6 Å². The van der Waals surface area contributed by atoms with E-state index in [1.54, 1.807) is 10.6 Å². The minimum absolute atomic E-state index is 0.103. The molecule has 3 aromatic rings. The van der Waals surface area contributed by atoms with Gasteiger partial charge in [0.1, 0.15) is 12.4 Å². The van der Waals surface area contributed by atoms with Crippen LogP contribution in [0, 0.1) is 0 Å². The van der Waals surface area contributed by atoms with E-state index in [9.17, 15) is 0 Å². The molecule has 0 spiro atoms. The lowest BCUT2D eigenvalue weighted by atomic mass is 9.96. The van der Waals surface area contributed by atoms with Crippen molar-refractivity contribution in [2.75, 3.05) is 0 Å². The van der Waals surface area contributed by atoms with Crippen LogP contribution in [-0.4, -0.2) is 19.8 Å². The van der Waals surface area contributed by atoms with Gasteiger partial charge in [0, 0.05) is 5.41 Å². The first kappa shape index (κ1) is 14.3. The van der Waals surface area contributed by atoms with Crippen LogP contribution in [0.3, 0.4) is 0 Å². The van der Waals surface area contributed by atoms with E-state index in [1.807, 2.05) is 18.2 Å². The average molecular weight is 323 g/mol. The fourth-order valence-corrected chi connectivity index (χ4v) is 2.82. The van der Waals surface area contributed by atoms with Gasteiger partial charge in [-0.3, -0.25) is 0 Å². The van der Waals surface area contributed by atoms with Crippen LogP contribution in [0.15, 0.2) is 24.3 Å². The SMILES string of the molecule is CC(C)(C)c1nnc2sc(COc3ccccc3Cl)nn12. The molecule has 0 aliphatic carbocycles. The van der Waals surface area contributed by atoms with E-state index in [1.165, 1.54) is 11.3 Å². The third kappa shape index (κ3) is 2.87. The molecule has 0 unspecified atom stereocenters. The highest BCUT2D eigenvalue weighted by Crippen LogP contribution is 2.26. The molecule has 0 saturated carbocycles.